The molecule has 0 atom stereocenters. The summed E-state index contributed by atoms with van der Waals surface area (Å²) in [5.41, 5.74) is 6.24. The fraction of sp³-hybridized carbons (Fsp3) is 0.636. The van der Waals surface area contributed by atoms with Gasteiger partial charge in [-0.25, -0.2) is 9.97 Å². The van der Waals surface area contributed by atoms with Gasteiger partial charge in [-0.1, -0.05) is 18.5 Å². The van der Waals surface area contributed by atoms with Crippen LogP contribution in [0.1, 0.15) is 19.2 Å². The van der Waals surface area contributed by atoms with E-state index in [1.807, 2.05) is 21.0 Å². The number of halogens is 1. The molecule has 0 aromatic carbocycles. The average Bonchev–Trinajstić information content (AvgIpc) is 2.29. The van der Waals surface area contributed by atoms with Gasteiger partial charge in [-0.3, -0.25) is 0 Å². The predicted octanol–water partition coefficient (Wildman–Crippen LogP) is 1.64. The molecule has 6 heteroatoms. The van der Waals surface area contributed by atoms with E-state index in [-0.39, 0.29) is 0 Å². The van der Waals surface area contributed by atoms with Crippen molar-refractivity contribution in [3.05, 3.63) is 11.0 Å². The lowest BCUT2D eigenvalue weighted by molar-refractivity contribution is 0.405. The van der Waals surface area contributed by atoms with E-state index in [1.165, 1.54) is 0 Å². The van der Waals surface area contributed by atoms with Crippen LogP contribution in [0.25, 0.3) is 0 Å². The van der Waals surface area contributed by atoms with Crippen molar-refractivity contribution in [1.29, 1.82) is 0 Å². The average molecular weight is 258 g/mol. The number of hydrogen-bond donors (Lipinski definition) is 2. The Morgan fingerprint density at radius 3 is 2.65 bits per heavy atom. The first-order valence-corrected chi connectivity index (χ1v) is 6.12. The van der Waals surface area contributed by atoms with Gasteiger partial charge in [0.1, 0.15) is 11.5 Å². The Morgan fingerprint density at radius 2 is 2.06 bits per heavy atom. The second kappa shape index (κ2) is 6.61. The quantitative estimate of drug-likeness (QED) is 0.599. The molecule has 0 unspecified atom stereocenters. The third-order valence-electron chi connectivity index (χ3n) is 2.34. The Morgan fingerprint density at radius 1 is 1.35 bits per heavy atom. The lowest BCUT2D eigenvalue weighted by Gasteiger charge is -2.12. The molecule has 0 fully saturated rings. The molecule has 3 N–H and O–H groups in total. The third-order valence-corrected chi connectivity index (χ3v) is 2.62. The topological polar surface area (TPSA) is 67.1 Å². The maximum Gasteiger partial charge on any atom is 0.157 e. The second-order valence-corrected chi connectivity index (χ2v) is 4.49. The lowest BCUT2D eigenvalue weighted by Crippen LogP contribution is -2.17. The van der Waals surface area contributed by atoms with Crippen LogP contribution >= 0.6 is 11.6 Å². The highest BCUT2D eigenvalue weighted by Gasteiger charge is 2.08. The van der Waals surface area contributed by atoms with Crippen LogP contribution in [0.4, 0.5) is 11.5 Å². The maximum absolute atomic E-state index is 5.94. The van der Waals surface area contributed by atoms with Gasteiger partial charge >= 0.3 is 0 Å². The predicted molar refractivity (Wildman–Crippen MR) is 72.5 cm³/mol. The molecule has 0 amide bonds. The van der Waals surface area contributed by atoms with Gasteiger partial charge in [-0.2, -0.15) is 0 Å². The van der Waals surface area contributed by atoms with Crippen LogP contribution in [0.5, 0.6) is 0 Å². The fourth-order valence-electron chi connectivity index (χ4n) is 1.38. The summed E-state index contributed by atoms with van der Waals surface area (Å²) in [6, 6.07) is 0. The molecule has 1 aromatic heterocycles. The molecule has 96 valence electrons. The molecule has 1 rings (SSSR count). The fourth-order valence-corrected chi connectivity index (χ4v) is 1.57. The Bertz CT molecular complexity index is 367. The second-order valence-electron chi connectivity index (χ2n) is 4.13. The normalized spacial score (nSPS) is 10.9. The van der Waals surface area contributed by atoms with Crippen molar-refractivity contribution < 1.29 is 0 Å². The van der Waals surface area contributed by atoms with Crippen molar-refractivity contribution in [2.75, 3.05) is 38.2 Å². The largest absolute Gasteiger partial charge is 0.393 e. The monoisotopic (exact) mass is 257 g/mol. The third kappa shape index (κ3) is 4.36. The summed E-state index contributed by atoms with van der Waals surface area (Å²) in [5.74, 6) is 1.35. The molecule has 0 saturated carbocycles. The first kappa shape index (κ1) is 14.0. The van der Waals surface area contributed by atoms with E-state index in [0.29, 0.717) is 22.5 Å². The van der Waals surface area contributed by atoms with Gasteiger partial charge in [0.05, 0.1) is 0 Å². The van der Waals surface area contributed by atoms with Gasteiger partial charge in [0.15, 0.2) is 11.0 Å². The maximum atomic E-state index is 5.94. The minimum atomic E-state index is 0.326. The van der Waals surface area contributed by atoms with Crippen LogP contribution in [-0.4, -0.2) is 42.1 Å². The molecular formula is C11H20ClN5. The molecular weight excluding hydrogens is 238 g/mol. The molecule has 1 heterocycles. The molecule has 0 aliphatic heterocycles. The Labute approximate surface area is 107 Å². The van der Waals surface area contributed by atoms with Crippen LogP contribution in [0.3, 0.4) is 0 Å². The van der Waals surface area contributed by atoms with Gasteiger partial charge < -0.3 is 16.0 Å². The van der Waals surface area contributed by atoms with Crippen molar-refractivity contribution in [1.82, 2.24) is 14.9 Å². The van der Waals surface area contributed by atoms with Crippen molar-refractivity contribution in [3.63, 3.8) is 0 Å². The van der Waals surface area contributed by atoms with E-state index in [4.69, 9.17) is 17.3 Å². The molecule has 0 aliphatic carbocycles. The number of nitrogens with one attached hydrogen (secondary N) is 1. The van der Waals surface area contributed by atoms with Crippen molar-refractivity contribution in [3.8, 4) is 0 Å². The summed E-state index contributed by atoms with van der Waals surface area (Å²) < 4.78 is 0. The zero-order valence-electron chi connectivity index (χ0n) is 10.6. The van der Waals surface area contributed by atoms with Crippen molar-refractivity contribution in [2.45, 2.75) is 19.8 Å². The Kier molecular flexibility index (Phi) is 5.44. The molecule has 0 spiro atoms. The standard InChI is InChI=1S/C11H20ClN5/c1-4-8-15-10(12)9(13)11(16-8)14-6-5-7-17(2)3/h4-7,13H2,1-3H3,(H,14,15,16). The van der Waals surface area contributed by atoms with Crippen LogP contribution < -0.4 is 11.1 Å². The van der Waals surface area contributed by atoms with E-state index in [1.54, 1.807) is 0 Å². The highest BCUT2D eigenvalue weighted by Crippen LogP contribution is 2.23. The first-order chi connectivity index (χ1) is 8.04. The number of anilines is 2. The van der Waals surface area contributed by atoms with Crippen LogP contribution in [0, 0.1) is 0 Å². The van der Waals surface area contributed by atoms with E-state index >= 15 is 0 Å². The molecule has 1 aromatic rings. The number of hydrogen-bond acceptors (Lipinski definition) is 5. The number of aromatic nitrogens is 2. The number of nitrogens with two attached hydrogens (primary N) is 1. The first-order valence-electron chi connectivity index (χ1n) is 5.75. The smallest absolute Gasteiger partial charge is 0.157 e. The highest BCUT2D eigenvalue weighted by molar-refractivity contribution is 6.32. The Hall–Kier alpha value is -1.07. The number of nitrogen functional groups attached to an aromatic ring is 1. The molecule has 17 heavy (non-hydrogen) atoms. The van der Waals surface area contributed by atoms with Gasteiger partial charge in [0, 0.05) is 13.0 Å². The summed E-state index contributed by atoms with van der Waals surface area (Å²) in [6.45, 7) is 3.82. The van der Waals surface area contributed by atoms with Crippen molar-refractivity contribution >= 4 is 23.1 Å². The summed E-state index contributed by atoms with van der Waals surface area (Å²) in [4.78, 5) is 10.5. The highest BCUT2D eigenvalue weighted by atomic mass is 35.5. The van der Waals surface area contributed by atoms with E-state index < -0.39 is 0 Å². The van der Waals surface area contributed by atoms with E-state index in [2.05, 4.69) is 20.2 Å². The molecule has 0 aliphatic rings. The van der Waals surface area contributed by atoms with Crippen LogP contribution in [0.2, 0.25) is 5.15 Å². The van der Waals surface area contributed by atoms with Crippen molar-refractivity contribution in [2.24, 2.45) is 0 Å². The minimum absolute atomic E-state index is 0.326. The van der Waals surface area contributed by atoms with Gasteiger partial charge in [0.2, 0.25) is 0 Å². The number of nitrogens with zero attached hydrogens (tertiary/aromatic N) is 3. The summed E-state index contributed by atoms with van der Waals surface area (Å²) in [6.07, 6.45) is 1.77. The minimum Gasteiger partial charge on any atom is -0.393 e. The van der Waals surface area contributed by atoms with E-state index in [9.17, 15) is 0 Å². The number of rotatable bonds is 6. The molecule has 0 radical (unpaired) electrons. The molecule has 0 saturated heterocycles. The van der Waals surface area contributed by atoms with Gasteiger partial charge in [-0.15, -0.1) is 0 Å². The van der Waals surface area contributed by atoms with Crippen LogP contribution in [-0.2, 0) is 6.42 Å². The SMILES string of the molecule is CCc1nc(Cl)c(N)c(NCCCN(C)C)n1. The van der Waals surface area contributed by atoms with Gasteiger partial charge in [0.25, 0.3) is 0 Å². The summed E-state index contributed by atoms with van der Waals surface area (Å²) >= 11 is 5.94. The van der Waals surface area contributed by atoms with Gasteiger partial charge in [-0.05, 0) is 27.1 Å². The van der Waals surface area contributed by atoms with Crippen LogP contribution in [0.15, 0.2) is 0 Å². The Balaban J connectivity index is 2.60. The lowest BCUT2D eigenvalue weighted by atomic mass is 10.3. The summed E-state index contributed by atoms with van der Waals surface area (Å²) in [7, 11) is 4.09. The van der Waals surface area contributed by atoms with E-state index in [0.717, 1.165) is 25.9 Å². The molecule has 5 nitrogen and oxygen atoms in total. The zero-order chi connectivity index (χ0) is 12.8. The zero-order valence-corrected chi connectivity index (χ0v) is 11.4. The number of aryl methyl sites for hydroxylation is 1. The molecule has 0 bridgehead atoms. The summed E-state index contributed by atoms with van der Waals surface area (Å²) in [5, 5.41) is 3.52.